The highest BCUT2D eigenvalue weighted by atomic mass is 16.5. The van der Waals surface area contributed by atoms with Crippen LogP contribution in [0.1, 0.15) is 44.3 Å². The van der Waals surface area contributed by atoms with Crippen LogP contribution in [0.3, 0.4) is 0 Å². The lowest BCUT2D eigenvalue weighted by Gasteiger charge is -2.43. The molecule has 1 aliphatic heterocycles. The summed E-state index contributed by atoms with van der Waals surface area (Å²) < 4.78 is 15.7. The van der Waals surface area contributed by atoms with Crippen molar-refractivity contribution >= 4 is 11.9 Å². The van der Waals surface area contributed by atoms with Crippen LogP contribution in [0.2, 0.25) is 0 Å². The Kier molecular flexibility index (Phi) is 5.16. The summed E-state index contributed by atoms with van der Waals surface area (Å²) in [5.74, 6) is -0.853. The molecule has 1 unspecified atom stereocenters. The summed E-state index contributed by atoms with van der Waals surface area (Å²) in [6, 6.07) is 1.84. The third-order valence-electron chi connectivity index (χ3n) is 5.46. The van der Waals surface area contributed by atoms with Crippen molar-refractivity contribution in [1.82, 2.24) is 0 Å². The Morgan fingerprint density at radius 3 is 2.92 bits per heavy atom. The second kappa shape index (κ2) is 7.36. The van der Waals surface area contributed by atoms with E-state index in [1.807, 2.05) is 18.2 Å². The lowest BCUT2D eigenvalue weighted by molar-refractivity contribution is -0.173. The first-order valence-electron chi connectivity index (χ1n) is 8.80. The van der Waals surface area contributed by atoms with Gasteiger partial charge in [-0.05, 0) is 48.8 Å². The van der Waals surface area contributed by atoms with Crippen molar-refractivity contribution in [3.8, 4) is 0 Å². The van der Waals surface area contributed by atoms with Gasteiger partial charge in [-0.1, -0.05) is 25.7 Å². The molecular formula is C21H24O5. The minimum absolute atomic E-state index is 0.199. The molecule has 138 valence electrons. The van der Waals surface area contributed by atoms with Gasteiger partial charge in [-0.2, -0.15) is 0 Å². The van der Waals surface area contributed by atoms with Crippen LogP contribution >= 0.6 is 0 Å². The molecule has 5 heteroatoms. The average Bonchev–Trinajstić information content (AvgIpc) is 3.14. The van der Waals surface area contributed by atoms with E-state index in [-0.39, 0.29) is 23.4 Å². The number of hydrogen-bond donors (Lipinski definition) is 0. The number of rotatable bonds is 2. The van der Waals surface area contributed by atoms with Gasteiger partial charge in [-0.25, -0.2) is 4.79 Å². The van der Waals surface area contributed by atoms with E-state index in [1.54, 1.807) is 18.6 Å². The first-order chi connectivity index (χ1) is 12.4. The smallest absolute Gasteiger partial charge is 0.338 e. The molecule has 1 fully saturated rings. The SMILES string of the molecule is C=C1CC[C@H]2C(=O)OC(c3ccoc3)C[C@]2(C)C/C=C\C=C/1C(=O)OC. The van der Waals surface area contributed by atoms with Gasteiger partial charge < -0.3 is 13.9 Å². The highest BCUT2D eigenvalue weighted by Crippen LogP contribution is 2.49. The highest BCUT2D eigenvalue weighted by molar-refractivity contribution is 5.93. The zero-order valence-electron chi connectivity index (χ0n) is 15.2. The standard InChI is InChI=1S/C21H24O5/c1-14-7-8-17-20(23)26-18(15-9-11-25-13-15)12-21(17,2)10-5-4-6-16(14)19(22)24-3/h4-6,9,11,13,17-18H,1,7-8,10,12H2,2-3H3/b5-4-,16-6+/t17-,18?,21-/m0/s1. The van der Waals surface area contributed by atoms with Crippen LogP contribution in [-0.2, 0) is 19.1 Å². The fourth-order valence-corrected chi connectivity index (χ4v) is 3.85. The molecule has 2 heterocycles. The first kappa shape index (κ1) is 18.2. The summed E-state index contributed by atoms with van der Waals surface area (Å²) >= 11 is 0. The molecule has 3 rings (SSSR count). The Morgan fingerprint density at radius 1 is 1.42 bits per heavy atom. The quantitative estimate of drug-likeness (QED) is 0.740. The molecule has 0 aromatic carbocycles. The molecule has 0 N–H and O–H groups in total. The van der Waals surface area contributed by atoms with E-state index in [0.29, 0.717) is 24.0 Å². The number of ether oxygens (including phenoxy) is 2. The first-order valence-corrected chi connectivity index (χ1v) is 8.80. The molecule has 1 aliphatic carbocycles. The van der Waals surface area contributed by atoms with E-state index in [0.717, 1.165) is 18.4 Å². The zero-order chi connectivity index (χ0) is 18.7. The fraction of sp³-hybridized carbons (Fsp3) is 0.429. The van der Waals surface area contributed by atoms with Gasteiger partial charge >= 0.3 is 11.9 Å². The number of furan rings is 1. The fourth-order valence-electron chi connectivity index (χ4n) is 3.85. The van der Waals surface area contributed by atoms with Crippen molar-refractivity contribution < 1.29 is 23.5 Å². The molecule has 26 heavy (non-hydrogen) atoms. The molecule has 0 amide bonds. The Bertz CT molecular complexity index is 755. The van der Waals surface area contributed by atoms with Gasteiger partial charge in [-0.3, -0.25) is 4.79 Å². The van der Waals surface area contributed by atoms with Gasteiger partial charge in [-0.15, -0.1) is 0 Å². The van der Waals surface area contributed by atoms with Gasteiger partial charge in [0.25, 0.3) is 0 Å². The number of fused-ring (bicyclic) bond motifs is 1. The largest absolute Gasteiger partial charge is 0.472 e. The normalized spacial score (nSPS) is 32.6. The van der Waals surface area contributed by atoms with Crippen LogP contribution in [0.5, 0.6) is 0 Å². The maximum atomic E-state index is 12.8. The predicted molar refractivity (Wildman–Crippen MR) is 96.0 cm³/mol. The van der Waals surface area contributed by atoms with E-state index in [2.05, 4.69) is 13.5 Å². The molecule has 1 aromatic heterocycles. The van der Waals surface area contributed by atoms with Crippen molar-refractivity contribution in [1.29, 1.82) is 0 Å². The maximum Gasteiger partial charge on any atom is 0.338 e. The minimum atomic E-state index is -0.408. The van der Waals surface area contributed by atoms with Gasteiger partial charge in [0.15, 0.2) is 0 Å². The summed E-state index contributed by atoms with van der Waals surface area (Å²) in [5.41, 5.74) is 1.78. The maximum absolute atomic E-state index is 12.8. The molecule has 0 saturated carbocycles. The number of carbonyl (C=O) groups is 2. The molecule has 2 aliphatic rings. The lowest BCUT2D eigenvalue weighted by Crippen LogP contribution is -2.41. The summed E-state index contributed by atoms with van der Waals surface area (Å²) in [6.07, 6.45) is 11.1. The molecule has 0 bridgehead atoms. The van der Waals surface area contributed by atoms with E-state index < -0.39 is 5.97 Å². The number of hydrogen-bond acceptors (Lipinski definition) is 5. The van der Waals surface area contributed by atoms with E-state index in [4.69, 9.17) is 13.9 Å². The van der Waals surface area contributed by atoms with Crippen molar-refractivity contribution in [2.45, 2.75) is 38.7 Å². The third-order valence-corrected chi connectivity index (χ3v) is 5.46. The van der Waals surface area contributed by atoms with Crippen LogP contribution in [-0.4, -0.2) is 19.0 Å². The second-order valence-electron chi connectivity index (χ2n) is 7.24. The highest BCUT2D eigenvalue weighted by Gasteiger charge is 2.46. The van der Waals surface area contributed by atoms with Crippen LogP contribution in [0, 0.1) is 11.3 Å². The van der Waals surface area contributed by atoms with E-state index in [1.165, 1.54) is 7.11 Å². The van der Waals surface area contributed by atoms with Gasteiger partial charge in [0, 0.05) is 5.56 Å². The van der Waals surface area contributed by atoms with Crippen LogP contribution in [0.15, 0.2) is 59.0 Å². The molecule has 5 nitrogen and oxygen atoms in total. The number of carbonyl (C=O) groups excluding carboxylic acids is 2. The molecule has 0 radical (unpaired) electrons. The van der Waals surface area contributed by atoms with Crippen LogP contribution in [0.4, 0.5) is 0 Å². The molecule has 1 aromatic rings. The van der Waals surface area contributed by atoms with Crippen molar-refractivity contribution in [2.75, 3.05) is 7.11 Å². The summed E-state index contributed by atoms with van der Waals surface area (Å²) in [6.45, 7) is 6.14. The second-order valence-corrected chi connectivity index (χ2v) is 7.24. The number of cyclic esters (lactones) is 1. The molecule has 3 atom stereocenters. The Balaban J connectivity index is 1.88. The van der Waals surface area contributed by atoms with Crippen molar-refractivity contribution in [2.24, 2.45) is 11.3 Å². The monoisotopic (exact) mass is 356 g/mol. The molecule has 1 saturated heterocycles. The van der Waals surface area contributed by atoms with Gasteiger partial charge in [0.1, 0.15) is 6.10 Å². The van der Waals surface area contributed by atoms with E-state index >= 15 is 0 Å². The molecule has 0 spiro atoms. The zero-order valence-corrected chi connectivity index (χ0v) is 15.2. The topological polar surface area (TPSA) is 65.7 Å². The van der Waals surface area contributed by atoms with Crippen LogP contribution < -0.4 is 0 Å². The van der Waals surface area contributed by atoms with Gasteiger partial charge in [0.05, 0.1) is 31.1 Å². The Morgan fingerprint density at radius 2 is 2.23 bits per heavy atom. The third kappa shape index (κ3) is 3.52. The van der Waals surface area contributed by atoms with E-state index in [9.17, 15) is 9.59 Å². The van der Waals surface area contributed by atoms with Crippen LogP contribution in [0.25, 0.3) is 0 Å². The average molecular weight is 356 g/mol. The van der Waals surface area contributed by atoms with Crippen molar-refractivity contribution in [3.63, 3.8) is 0 Å². The summed E-state index contributed by atoms with van der Waals surface area (Å²) in [4.78, 5) is 24.7. The van der Waals surface area contributed by atoms with Crippen molar-refractivity contribution in [3.05, 3.63) is 60.1 Å². The Hall–Kier alpha value is -2.56. The number of esters is 2. The molecular weight excluding hydrogens is 332 g/mol. The predicted octanol–water partition coefficient (Wildman–Crippen LogP) is 4.29. The number of methoxy groups -OCH3 is 1. The number of allylic oxidation sites excluding steroid dienone is 3. The lowest BCUT2D eigenvalue weighted by atomic mass is 9.66. The Labute approximate surface area is 153 Å². The summed E-state index contributed by atoms with van der Waals surface area (Å²) in [5, 5.41) is 0. The van der Waals surface area contributed by atoms with Gasteiger partial charge in [0.2, 0.25) is 0 Å². The minimum Gasteiger partial charge on any atom is -0.472 e. The summed E-state index contributed by atoms with van der Waals surface area (Å²) in [7, 11) is 1.35.